The molecular formula is C42H43Br2N5O9. The number of benzene rings is 3. The summed E-state index contributed by atoms with van der Waals surface area (Å²) in [6, 6.07) is 19.2. The molecule has 14 nitrogen and oxygen atoms in total. The minimum atomic E-state index is -1.03. The number of likely N-dealkylation sites (tertiary alicyclic amines) is 1. The first-order valence-corrected chi connectivity index (χ1v) is 20.4. The molecule has 2 fully saturated rings. The molecule has 3 aromatic carbocycles. The minimum absolute atomic E-state index is 0.0469. The van der Waals surface area contributed by atoms with Crippen LogP contribution in [0.2, 0.25) is 0 Å². The molecular weight excluding hydrogens is 878 g/mol. The zero-order chi connectivity index (χ0) is 41.0. The third-order valence-corrected chi connectivity index (χ3v) is 11.0. The molecule has 2 saturated heterocycles. The van der Waals surface area contributed by atoms with Gasteiger partial charge in [-0.25, -0.2) is 0 Å². The maximum atomic E-state index is 13.6. The third kappa shape index (κ3) is 11.0. The van der Waals surface area contributed by atoms with E-state index in [0.717, 1.165) is 25.0 Å². The zero-order valence-corrected chi connectivity index (χ0v) is 34.8. The van der Waals surface area contributed by atoms with E-state index < -0.39 is 29.7 Å². The van der Waals surface area contributed by atoms with Gasteiger partial charge < -0.3 is 24.8 Å². The summed E-state index contributed by atoms with van der Waals surface area (Å²) in [5.74, 6) is -2.44. The van der Waals surface area contributed by atoms with Crippen molar-refractivity contribution in [3.63, 3.8) is 0 Å². The van der Waals surface area contributed by atoms with Crippen molar-refractivity contribution in [3.8, 4) is 0 Å². The summed E-state index contributed by atoms with van der Waals surface area (Å²) in [6.45, 7) is 3.40. The molecule has 58 heavy (non-hydrogen) atoms. The van der Waals surface area contributed by atoms with Crippen LogP contribution in [-0.4, -0.2) is 124 Å². The Morgan fingerprint density at radius 2 is 1.33 bits per heavy atom. The maximum Gasteiger partial charge on any atom is 0.264 e. The Labute approximate surface area is 352 Å². The molecule has 3 heterocycles. The summed E-state index contributed by atoms with van der Waals surface area (Å²) in [7, 11) is 0. The van der Waals surface area contributed by atoms with Gasteiger partial charge in [0.1, 0.15) is 6.04 Å². The second kappa shape index (κ2) is 20.7. The molecule has 3 aromatic rings. The second-order valence-electron chi connectivity index (χ2n) is 13.6. The molecule has 1 unspecified atom stereocenters. The van der Waals surface area contributed by atoms with E-state index in [2.05, 4.69) is 47.8 Å². The van der Waals surface area contributed by atoms with Crippen molar-refractivity contribution < 1.29 is 43.0 Å². The Morgan fingerprint density at radius 3 is 1.93 bits per heavy atom. The lowest BCUT2D eigenvalue weighted by molar-refractivity contribution is -0.136. The van der Waals surface area contributed by atoms with Crippen molar-refractivity contribution in [1.29, 1.82) is 0 Å². The highest BCUT2D eigenvalue weighted by Crippen LogP contribution is 2.32. The number of fused-ring (bicyclic) bond motifs is 1. The van der Waals surface area contributed by atoms with E-state index in [0.29, 0.717) is 82.7 Å². The van der Waals surface area contributed by atoms with Crippen LogP contribution in [0.15, 0.2) is 86.8 Å². The fourth-order valence-corrected chi connectivity index (χ4v) is 7.56. The standard InChI is InChI=1S/C42H43Br2N5O9/c43-32-9-3-1-6-27(32)22-29-24-48(25-30(39(29)52)23-28-7-2-4-10-33(28)44)26-37(51)46-15-17-57-19-21-58-20-18-56-16-14-45-34-11-5-8-31-38(34)42(55)49(41(31)54)35-12-13-36(50)47-40(35)53/h1-11,22-23,35,45H,12-21,24-26H2,(H,46,51)(H,47,50,53)/b29-22+,30-23+. The molecule has 0 saturated carbocycles. The first kappa shape index (κ1) is 42.8. The number of amides is 5. The predicted octanol–water partition coefficient (Wildman–Crippen LogP) is 4.24. The minimum Gasteiger partial charge on any atom is -0.382 e. The first-order valence-electron chi connectivity index (χ1n) is 18.9. The van der Waals surface area contributed by atoms with Crippen LogP contribution in [0.4, 0.5) is 5.69 Å². The van der Waals surface area contributed by atoms with Gasteiger partial charge in [0.25, 0.3) is 11.8 Å². The monoisotopic (exact) mass is 919 g/mol. The second-order valence-corrected chi connectivity index (χ2v) is 15.4. The van der Waals surface area contributed by atoms with Crippen molar-refractivity contribution in [1.82, 2.24) is 20.4 Å². The molecule has 0 bridgehead atoms. The van der Waals surface area contributed by atoms with Gasteiger partial charge in [-0.15, -0.1) is 0 Å². The number of nitrogens with zero attached hydrogens (tertiary/aromatic N) is 2. The molecule has 16 heteroatoms. The van der Waals surface area contributed by atoms with E-state index in [1.165, 1.54) is 0 Å². The number of carbonyl (C=O) groups excluding carboxylic acids is 6. The molecule has 1 atom stereocenters. The topological polar surface area (TPSA) is 173 Å². The molecule has 3 N–H and O–H groups in total. The number of anilines is 1. The van der Waals surface area contributed by atoms with Crippen molar-refractivity contribution in [3.05, 3.63) is 109 Å². The van der Waals surface area contributed by atoms with Gasteiger partial charge in [0.2, 0.25) is 17.7 Å². The summed E-state index contributed by atoms with van der Waals surface area (Å²) in [4.78, 5) is 79.5. The quantitative estimate of drug-likeness (QED) is 0.0947. The number of hydrogen-bond donors (Lipinski definition) is 3. The lowest BCUT2D eigenvalue weighted by atomic mass is 9.94. The third-order valence-electron chi connectivity index (χ3n) is 9.55. The van der Waals surface area contributed by atoms with Crippen LogP contribution in [-0.2, 0) is 33.4 Å². The summed E-state index contributed by atoms with van der Waals surface area (Å²) >= 11 is 7.13. The van der Waals surface area contributed by atoms with Gasteiger partial charge in [-0.1, -0.05) is 74.3 Å². The van der Waals surface area contributed by atoms with Gasteiger partial charge in [-0.2, -0.15) is 0 Å². The van der Waals surface area contributed by atoms with Crippen molar-refractivity contribution in [2.75, 3.05) is 77.7 Å². The molecule has 0 radical (unpaired) electrons. The Bertz CT molecular complexity index is 2060. The number of hydrogen-bond acceptors (Lipinski definition) is 11. The molecule has 0 aromatic heterocycles. The number of nitrogens with one attached hydrogen (secondary N) is 3. The molecule has 6 rings (SSSR count). The number of Topliss-reactive ketones (excluding diaryl/α,β-unsaturated/α-hetero) is 1. The highest BCUT2D eigenvalue weighted by atomic mass is 79.9. The van der Waals surface area contributed by atoms with Crippen LogP contribution in [0, 0.1) is 0 Å². The van der Waals surface area contributed by atoms with Gasteiger partial charge in [0.15, 0.2) is 5.78 Å². The number of halogens is 2. The Hall–Kier alpha value is -4.84. The van der Waals surface area contributed by atoms with Gasteiger partial charge >= 0.3 is 0 Å². The van der Waals surface area contributed by atoms with E-state index in [1.54, 1.807) is 18.2 Å². The number of piperidine rings is 2. The van der Waals surface area contributed by atoms with Gasteiger partial charge in [-0.3, -0.25) is 43.9 Å². The van der Waals surface area contributed by atoms with E-state index >= 15 is 0 Å². The van der Waals surface area contributed by atoms with Crippen LogP contribution in [0.3, 0.4) is 0 Å². The van der Waals surface area contributed by atoms with Crippen LogP contribution in [0.25, 0.3) is 12.2 Å². The predicted molar refractivity (Wildman–Crippen MR) is 223 cm³/mol. The number of ketones is 1. The Morgan fingerprint density at radius 1 is 0.741 bits per heavy atom. The highest BCUT2D eigenvalue weighted by molar-refractivity contribution is 9.10. The van der Waals surface area contributed by atoms with Gasteiger partial charge in [0.05, 0.1) is 57.3 Å². The van der Waals surface area contributed by atoms with E-state index in [-0.39, 0.29) is 42.2 Å². The molecule has 0 aliphatic carbocycles. The molecule has 304 valence electrons. The molecule has 0 spiro atoms. The van der Waals surface area contributed by atoms with E-state index in [1.807, 2.05) is 65.6 Å². The lowest BCUT2D eigenvalue weighted by Gasteiger charge is -2.29. The van der Waals surface area contributed by atoms with Gasteiger partial charge in [0, 0.05) is 58.4 Å². The summed E-state index contributed by atoms with van der Waals surface area (Å²) in [6.07, 6.45) is 3.89. The normalized spacial score (nSPS) is 18.6. The van der Waals surface area contributed by atoms with Crippen LogP contribution < -0.4 is 16.0 Å². The largest absolute Gasteiger partial charge is 0.382 e. The molecule has 3 aliphatic heterocycles. The average molecular weight is 922 g/mol. The Kier molecular flexibility index (Phi) is 15.3. The summed E-state index contributed by atoms with van der Waals surface area (Å²) in [5, 5.41) is 8.22. The fourth-order valence-electron chi connectivity index (χ4n) is 6.77. The maximum absolute atomic E-state index is 13.6. The van der Waals surface area contributed by atoms with Crippen LogP contribution in [0.1, 0.15) is 44.7 Å². The highest BCUT2D eigenvalue weighted by Gasteiger charge is 2.45. The number of rotatable bonds is 18. The molecule has 3 aliphatic rings. The number of ether oxygens (including phenoxy) is 3. The zero-order valence-electron chi connectivity index (χ0n) is 31.6. The molecule has 5 amide bonds. The summed E-state index contributed by atoms with van der Waals surface area (Å²) in [5.41, 5.74) is 3.82. The lowest BCUT2D eigenvalue weighted by Crippen LogP contribution is -2.54. The summed E-state index contributed by atoms with van der Waals surface area (Å²) < 4.78 is 18.6. The van der Waals surface area contributed by atoms with E-state index in [9.17, 15) is 28.8 Å². The number of imide groups is 2. The van der Waals surface area contributed by atoms with Crippen molar-refractivity contribution in [2.24, 2.45) is 0 Å². The van der Waals surface area contributed by atoms with Crippen molar-refractivity contribution in [2.45, 2.75) is 18.9 Å². The SMILES string of the molecule is O=C(CN1C/C(=C\c2ccccc2Br)C(=O)/C(=C/c2ccccc2Br)C1)NCCOCCOCCOCCNc1cccc2c1C(=O)N(C1CCC(=O)NC1=O)C2=O. The first-order chi connectivity index (χ1) is 28.1. The number of carbonyl (C=O) groups is 6. The van der Waals surface area contributed by atoms with Crippen molar-refractivity contribution >= 4 is 85.0 Å². The smallest absolute Gasteiger partial charge is 0.264 e. The van der Waals surface area contributed by atoms with Gasteiger partial charge in [-0.05, 0) is 54.0 Å². The Balaban J connectivity index is 0.852. The van der Waals surface area contributed by atoms with Crippen LogP contribution in [0.5, 0.6) is 0 Å². The fraction of sp³-hybridized carbons (Fsp3) is 0.333. The van der Waals surface area contributed by atoms with Crippen LogP contribution >= 0.6 is 31.9 Å². The average Bonchev–Trinajstić information content (AvgIpc) is 3.46. The van der Waals surface area contributed by atoms with E-state index in [4.69, 9.17) is 14.2 Å².